The van der Waals surface area contributed by atoms with Gasteiger partial charge in [-0.05, 0) is 42.8 Å². The van der Waals surface area contributed by atoms with E-state index in [0.717, 1.165) is 11.3 Å². The third kappa shape index (κ3) is 3.04. The number of hydrogen-bond acceptors (Lipinski definition) is 5. The molecule has 0 amide bonds. The van der Waals surface area contributed by atoms with Gasteiger partial charge in [0.25, 0.3) is 0 Å². The smallest absolute Gasteiger partial charge is 0.166 e. The predicted octanol–water partition coefficient (Wildman–Crippen LogP) is 2.25. The molecule has 1 heterocycles. The maximum atomic E-state index is 8.65. The SMILES string of the molecule is CC(=NO)c1ccc(OCc2ncccn2)cc1. The number of hydrogen-bond donors (Lipinski definition) is 1. The van der Waals surface area contributed by atoms with E-state index in [4.69, 9.17) is 9.94 Å². The molecule has 0 saturated heterocycles. The molecule has 0 aliphatic heterocycles. The maximum Gasteiger partial charge on any atom is 0.166 e. The van der Waals surface area contributed by atoms with Gasteiger partial charge in [-0.15, -0.1) is 0 Å². The van der Waals surface area contributed by atoms with Gasteiger partial charge in [0.2, 0.25) is 0 Å². The van der Waals surface area contributed by atoms with Crippen molar-refractivity contribution >= 4 is 5.71 Å². The Morgan fingerprint density at radius 1 is 1.22 bits per heavy atom. The van der Waals surface area contributed by atoms with E-state index in [2.05, 4.69) is 15.1 Å². The van der Waals surface area contributed by atoms with Crippen LogP contribution >= 0.6 is 0 Å². The van der Waals surface area contributed by atoms with Crippen LogP contribution in [0.5, 0.6) is 5.75 Å². The van der Waals surface area contributed by atoms with Gasteiger partial charge in [-0.2, -0.15) is 0 Å². The zero-order chi connectivity index (χ0) is 12.8. The highest BCUT2D eigenvalue weighted by Crippen LogP contribution is 2.13. The average molecular weight is 243 g/mol. The number of oxime groups is 1. The lowest BCUT2D eigenvalue weighted by atomic mass is 10.1. The molecular weight excluding hydrogens is 230 g/mol. The summed E-state index contributed by atoms with van der Waals surface area (Å²) in [5, 5.41) is 11.8. The summed E-state index contributed by atoms with van der Waals surface area (Å²) >= 11 is 0. The van der Waals surface area contributed by atoms with Gasteiger partial charge in [-0.1, -0.05) is 5.16 Å². The Bertz CT molecular complexity index is 524. The first-order valence-corrected chi connectivity index (χ1v) is 5.47. The second-order valence-corrected chi connectivity index (χ2v) is 3.66. The van der Waals surface area contributed by atoms with Crippen LogP contribution in [0.25, 0.3) is 0 Å². The van der Waals surface area contributed by atoms with Crippen LogP contribution < -0.4 is 4.74 Å². The fraction of sp³-hybridized carbons (Fsp3) is 0.154. The minimum absolute atomic E-state index is 0.327. The molecule has 0 saturated carbocycles. The molecule has 2 rings (SSSR count). The molecule has 5 heteroatoms. The summed E-state index contributed by atoms with van der Waals surface area (Å²) < 4.78 is 5.53. The highest BCUT2D eigenvalue weighted by atomic mass is 16.5. The van der Waals surface area contributed by atoms with Crippen LogP contribution in [0.15, 0.2) is 47.9 Å². The number of rotatable bonds is 4. The Kier molecular flexibility index (Phi) is 3.86. The lowest BCUT2D eigenvalue weighted by Gasteiger charge is -2.05. The summed E-state index contributed by atoms with van der Waals surface area (Å²) in [6.45, 7) is 2.06. The van der Waals surface area contributed by atoms with Crippen LogP contribution in [0.2, 0.25) is 0 Å². The fourth-order valence-corrected chi connectivity index (χ4v) is 1.40. The summed E-state index contributed by atoms with van der Waals surface area (Å²) in [6, 6.07) is 9.04. The zero-order valence-corrected chi connectivity index (χ0v) is 9.95. The van der Waals surface area contributed by atoms with E-state index in [9.17, 15) is 0 Å². The molecule has 1 N–H and O–H groups in total. The topological polar surface area (TPSA) is 67.6 Å². The number of nitrogens with zero attached hydrogens (tertiary/aromatic N) is 3. The molecule has 0 atom stereocenters. The molecule has 0 fully saturated rings. The van der Waals surface area contributed by atoms with Gasteiger partial charge >= 0.3 is 0 Å². The van der Waals surface area contributed by atoms with E-state index in [1.54, 1.807) is 25.4 Å². The summed E-state index contributed by atoms with van der Waals surface area (Å²) in [4.78, 5) is 8.13. The van der Waals surface area contributed by atoms with Crippen molar-refractivity contribution in [3.8, 4) is 5.75 Å². The van der Waals surface area contributed by atoms with Crippen LogP contribution in [-0.2, 0) is 6.61 Å². The van der Waals surface area contributed by atoms with Crippen molar-refractivity contribution in [2.24, 2.45) is 5.16 Å². The van der Waals surface area contributed by atoms with Crippen molar-refractivity contribution in [1.82, 2.24) is 9.97 Å². The predicted molar refractivity (Wildman–Crippen MR) is 66.8 cm³/mol. The van der Waals surface area contributed by atoms with Crippen LogP contribution in [0.1, 0.15) is 18.3 Å². The summed E-state index contributed by atoms with van der Waals surface area (Å²) in [7, 11) is 0. The van der Waals surface area contributed by atoms with Crippen molar-refractivity contribution in [2.45, 2.75) is 13.5 Å². The molecule has 18 heavy (non-hydrogen) atoms. The third-order valence-corrected chi connectivity index (χ3v) is 2.41. The molecule has 0 spiro atoms. The molecule has 5 nitrogen and oxygen atoms in total. The van der Waals surface area contributed by atoms with Crippen LogP contribution in [0, 0.1) is 0 Å². The molecule has 0 aliphatic carbocycles. The first-order chi connectivity index (χ1) is 8.79. The van der Waals surface area contributed by atoms with Gasteiger partial charge in [0.1, 0.15) is 12.4 Å². The van der Waals surface area contributed by atoms with Gasteiger partial charge in [0.05, 0.1) is 5.71 Å². The lowest BCUT2D eigenvalue weighted by Crippen LogP contribution is -2.00. The van der Waals surface area contributed by atoms with E-state index < -0.39 is 0 Å². The Labute approximate surface area is 105 Å². The zero-order valence-electron chi connectivity index (χ0n) is 9.95. The summed E-state index contributed by atoms with van der Waals surface area (Å²) in [6.07, 6.45) is 3.35. The molecule has 2 aromatic rings. The Morgan fingerprint density at radius 2 is 1.89 bits per heavy atom. The van der Waals surface area contributed by atoms with Gasteiger partial charge < -0.3 is 9.94 Å². The van der Waals surface area contributed by atoms with Crippen molar-refractivity contribution in [2.75, 3.05) is 0 Å². The molecule has 0 radical (unpaired) electrons. The van der Waals surface area contributed by atoms with Gasteiger partial charge in [-0.3, -0.25) is 0 Å². The van der Waals surface area contributed by atoms with Crippen molar-refractivity contribution in [3.05, 3.63) is 54.1 Å². The highest BCUT2D eigenvalue weighted by Gasteiger charge is 2.00. The molecule has 1 aromatic heterocycles. The van der Waals surface area contributed by atoms with Crippen molar-refractivity contribution in [1.29, 1.82) is 0 Å². The third-order valence-electron chi connectivity index (χ3n) is 2.41. The van der Waals surface area contributed by atoms with Crippen molar-refractivity contribution in [3.63, 3.8) is 0 Å². The molecule has 0 aliphatic rings. The normalized spacial score (nSPS) is 11.3. The van der Waals surface area contributed by atoms with Crippen molar-refractivity contribution < 1.29 is 9.94 Å². The molecule has 0 bridgehead atoms. The summed E-state index contributed by atoms with van der Waals surface area (Å²) in [5.41, 5.74) is 1.41. The molecule has 92 valence electrons. The fourth-order valence-electron chi connectivity index (χ4n) is 1.40. The first-order valence-electron chi connectivity index (χ1n) is 5.47. The summed E-state index contributed by atoms with van der Waals surface area (Å²) in [5.74, 6) is 1.35. The Hall–Kier alpha value is -2.43. The largest absolute Gasteiger partial charge is 0.486 e. The standard InChI is InChI=1S/C13H13N3O2/c1-10(16-17)11-3-5-12(6-4-11)18-9-13-14-7-2-8-15-13/h2-8,17H,9H2,1H3. The Balaban J connectivity index is 1.99. The van der Waals surface area contributed by atoms with E-state index >= 15 is 0 Å². The maximum absolute atomic E-state index is 8.65. The minimum Gasteiger partial charge on any atom is -0.486 e. The number of ether oxygens (including phenoxy) is 1. The average Bonchev–Trinajstić information content (AvgIpc) is 2.46. The minimum atomic E-state index is 0.327. The van der Waals surface area contributed by atoms with E-state index in [0.29, 0.717) is 18.1 Å². The number of aromatic nitrogens is 2. The molecule has 1 aromatic carbocycles. The molecule has 0 unspecified atom stereocenters. The highest BCUT2D eigenvalue weighted by molar-refractivity contribution is 5.98. The first kappa shape index (κ1) is 12.0. The second-order valence-electron chi connectivity index (χ2n) is 3.66. The van der Waals surface area contributed by atoms with Gasteiger partial charge in [0, 0.05) is 12.4 Å². The monoisotopic (exact) mass is 243 g/mol. The van der Waals surface area contributed by atoms with E-state index in [1.165, 1.54) is 0 Å². The quantitative estimate of drug-likeness (QED) is 0.508. The lowest BCUT2D eigenvalue weighted by molar-refractivity contribution is 0.295. The van der Waals surface area contributed by atoms with E-state index in [-0.39, 0.29) is 0 Å². The van der Waals surface area contributed by atoms with E-state index in [1.807, 2.05) is 24.3 Å². The van der Waals surface area contributed by atoms with Gasteiger partial charge in [0.15, 0.2) is 5.82 Å². The Morgan fingerprint density at radius 3 is 2.50 bits per heavy atom. The van der Waals surface area contributed by atoms with Crippen LogP contribution in [0.3, 0.4) is 0 Å². The van der Waals surface area contributed by atoms with Crippen LogP contribution in [0.4, 0.5) is 0 Å². The molecular formula is C13H13N3O2. The second kappa shape index (κ2) is 5.77. The number of benzene rings is 1. The van der Waals surface area contributed by atoms with Crippen LogP contribution in [-0.4, -0.2) is 20.9 Å². The van der Waals surface area contributed by atoms with Gasteiger partial charge in [-0.25, -0.2) is 9.97 Å².